The third-order valence-corrected chi connectivity index (χ3v) is 5.82. The highest BCUT2D eigenvalue weighted by Crippen LogP contribution is 2.44. The van der Waals surface area contributed by atoms with Crippen LogP contribution in [0.4, 0.5) is 14.7 Å². The molecule has 1 amide bonds. The summed E-state index contributed by atoms with van der Waals surface area (Å²) < 4.78 is 26.8. The zero-order valence-corrected chi connectivity index (χ0v) is 14.7. The number of carbonyl (C=O) groups excluding carboxylic acids is 1. The minimum absolute atomic E-state index is 0.0967. The second-order valence-electron chi connectivity index (χ2n) is 7.35. The van der Waals surface area contributed by atoms with Gasteiger partial charge in [-0.05, 0) is 37.3 Å². The van der Waals surface area contributed by atoms with Gasteiger partial charge in [-0.1, -0.05) is 6.07 Å². The molecule has 2 heterocycles. The van der Waals surface area contributed by atoms with Gasteiger partial charge >= 0.3 is 0 Å². The standard InChI is InChI=1S/C19H20F2N4O2/c20-12-2-1-11(14(21)10-12)9-15(26)25-7-5-19(6-8-25)4-3-13-16(19)23-18(22)24-17(13)27/h1-2,10H,3-9H2,(H3,22,23,24,27). The summed E-state index contributed by atoms with van der Waals surface area (Å²) >= 11 is 0. The van der Waals surface area contributed by atoms with Crippen molar-refractivity contribution in [3.05, 3.63) is 57.0 Å². The van der Waals surface area contributed by atoms with Gasteiger partial charge in [0.1, 0.15) is 11.6 Å². The van der Waals surface area contributed by atoms with E-state index in [2.05, 4.69) is 9.97 Å². The van der Waals surface area contributed by atoms with Crippen LogP contribution in [0.1, 0.15) is 36.1 Å². The van der Waals surface area contributed by atoms with E-state index in [4.69, 9.17) is 5.73 Å². The normalized spacial score (nSPS) is 17.9. The lowest BCUT2D eigenvalue weighted by atomic mass is 9.76. The van der Waals surface area contributed by atoms with Crippen molar-refractivity contribution in [2.24, 2.45) is 0 Å². The number of benzene rings is 1. The molecule has 0 saturated carbocycles. The van der Waals surface area contributed by atoms with Crippen molar-refractivity contribution in [2.75, 3.05) is 18.8 Å². The first-order chi connectivity index (χ1) is 12.9. The van der Waals surface area contributed by atoms with Crippen molar-refractivity contribution in [3.63, 3.8) is 0 Å². The molecule has 1 saturated heterocycles. The molecule has 1 aliphatic carbocycles. The Bertz CT molecular complexity index is 965. The zero-order valence-electron chi connectivity index (χ0n) is 14.7. The van der Waals surface area contributed by atoms with Crippen molar-refractivity contribution >= 4 is 11.9 Å². The number of nitrogens with two attached hydrogens (primary N) is 1. The second kappa shape index (κ2) is 6.44. The third kappa shape index (κ3) is 3.09. The molecule has 0 atom stereocenters. The minimum atomic E-state index is -0.708. The van der Waals surface area contributed by atoms with Crippen LogP contribution in [-0.2, 0) is 23.1 Å². The Kier molecular flexibility index (Phi) is 4.20. The van der Waals surface area contributed by atoms with Crippen LogP contribution in [0, 0.1) is 11.6 Å². The van der Waals surface area contributed by atoms with Gasteiger partial charge in [-0.3, -0.25) is 14.6 Å². The van der Waals surface area contributed by atoms with Crippen LogP contribution < -0.4 is 11.3 Å². The number of hydrogen-bond donors (Lipinski definition) is 2. The van der Waals surface area contributed by atoms with Gasteiger partial charge in [0.25, 0.3) is 5.56 Å². The predicted octanol–water partition coefficient (Wildman–Crippen LogP) is 1.68. The Balaban J connectivity index is 1.47. The van der Waals surface area contributed by atoms with Crippen LogP contribution >= 0.6 is 0 Å². The first-order valence-electron chi connectivity index (χ1n) is 8.99. The number of H-pyrrole nitrogens is 1. The quantitative estimate of drug-likeness (QED) is 0.837. The molecular formula is C19H20F2N4O2. The number of rotatable bonds is 2. The summed E-state index contributed by atoms with van der Waals surface area (Å²) in [5.41, 5.74) is 6.95. The summed E-state index contributed by atoms with van der Waals surface area (Å²) in [5.74, 6) is -1.44. The topological polar surface area (TPSA) is 92.1 Å². The first-order valence-corrected chi connectivity index (χ1v) is 8.99. The molecule has 1 aliphatic heterocycles. The van der Waals surface area contributed by atoms with E-state index in [0.717, 1.165) is 24.2 Å². The zero-order chi connectivity index (χ0) is 19.2. The van der Waals surface area contributed by atoms with Crippen molar-refractivity contribution < 1.29 is 13.6 Å². The number of likely N-dealkylation sites (tertiary alicyclic amines) is 1. The van der Waals surface area contributed by atoms with Gasteiger partial charge in [-0.2, -0.15) is 0 Å². The average molecular weight is 374 g/mol. The van der Waals surface area contributed by atoms with Crippen LogP contribution in [0.25, 0.3) is 0 Å². The summed E-state index contributed by atoms with van der Waals surface area (Å²) in [5, 5.41) is 0. The van der Waals surface area contributed by atoms with Gasteiger partial charge < -0.3 is 10.6 Å². The van der Waals surface area contributed by atoms with Gasteiger partial charge in [0.15, 0.2) is 0 Å². The molecule has 6 nitrogen and oxygen atoms in total. The molecule has 8 heteroatoms. The molecule has 2 aliphatic rings. The highest BCUT2D eigenvalue weighted by Gasteiger charge is 2.44. The molecule has 2 aromatic rings. The van der Waals surface area contributed by atoms with Crippen molar-refractivity contribution in [1.82, 2.24) is 14.9 Å². The van der Waals surface area contributed by atoms with Crippen LogP contribution in [-0.4, -0.2) is 33.9 Å². The van der Waals surface area contributed by atoms with E-state index >= 15 is 0 Å². The second-order valence-corrected chi connectivity index (χ2v) is 7.35. The van der Waals surface area contributed by atoms with E-state index in [9.17, 15) is 18.4 Å². The fraction of sp³-hybridized carbons (Fsp3) is 0.421. The molecule has 1 aromatic carbocycles. The Hall–Kier alpha value is -2.77. The Morgan fingerprint density at radius 1 is 1.26 bits per heavy atom. The van der Waals surface area contributed by atoms with Gasteiger partial charge in [-0.15, -0.1) is 0 Å². The monoisotopic (exact) mass is 374 g/mol. The van der Waals surface area contributed by atoms with E-state index in [0.29, 0.717) is 37.9 Å². The smallest absolute Gasteiger partial charge is 0.255 e. The number of hydrogen-bond acceptors (Lipinski definition) is 4. The number of nitrogens with one attached hydrogen (secondary N) is 1. The maximum atomic E-state index is 13.8. The number of anilines is 1. The number of amides is 1. The number of piperidine rings is 1. The first kappa shape index (κ1) is 17.6. The van der Waals surface area contributed by atoms with Crippen LogP contribution in [0.15, 0.2) is 23.0 Å². The van der Waals surface area contributed by atoms with E-state index in [1.54, 1.807) is 4.90 Å². The van der Waals surface area contributed by atoms with E-state index in [1.807, 2.05) is 0 Å². The lowest BCUT2D eigenvalue weighted by Gasteiger charge is -2.39. The third-order valence-electron chi connectivity index (χ3n) is 5.82. The van der Waals surface area contributed by atoms with Crippen LogP contribution in [0.2, 0.25) is 0 Å². The van der Waals surface area contributed by atoms with Crippen LogP contribution in [0.3, 0.4) is 0 Å². The molecule has 3 N–H and O–H groups in total. The SMILES string of the molecule is Nc1nc2c(c(=O)[nH]1)CCC21CCN(C(=O)Cc2ccc(F)cc2F)CC1. The number of aromatic nitrogens is 2. The van der Waals surface area contributed by atoms with Crippen LogP contribution in [0.5, 0.6) is 0 Å². The average Bonchev–Trinajstić information content (AvgIpc) is 2.96. The lowest BCUT2D eigenvalue weighted by molar-refractivity contribution is -0.132. The summed E-state index contributed by atoms with van der Waals surface area (Å²) in [4.78, 5) is 33.2. The molecule has 1 spiro atoms. The highest BCUT2D eigenvalue weighted by atomic mass is 19.1. The molecule has 0 bridgehead atoms. The number of nitrogen functional groups attached to an aromatic ring is 1. The van der Waals surface area contributed by atoms with Crippen molar-refractivity contribution in [3.8, 4) is 0 Å². The molecular weight excluding hydrogens is 354 g/mol. The summed E-state index contributed by atoms with van der Waals surface area (Å²) in [6.45, 7) is 1.02. The number of halogens is 2. The number of aromatic amines is 1. The largest absolute Gasteiger partial charge is 0.369 e. The van der Waals surface area contributed by atoms with E-state index in [-0.39, 0.29) is 34.8 Å². The molecule has 1 aromatic heterocycles. The van der Waals surface area contributed by atoms with E-state index in [1.165, 1.54) is 6.07 Å². The molecule has 0 radical (unpaired) electrons. The number of nitrogens with zero attached hydrogens (tertiary/aromatic N) is 2. The Morgan fingerprint density at radius 2 is 2.00 bits per heavy atom. The highest BCUT2D eigenvalue weighted by molar-refractivity contribution is 5.79. The Morgan fingerprint density at radius 3 is 2.70 bits per heavy atom. The lowest BCUT2D eigenvalue weighted by Crippen LogP contribution is -2.45. The van der Waals surface area contributed by atoms with Gasteiger partial charge in [0.05, 0.1) is 12.1 Å². The number of carbonyl (C=O) groups is 1. The molecule has 142 valence electrons. The van der Waals surface area contributed by atoms with Gasteiger partial charge in [0, 0.05) is 30.1 Å². The fourth-order valence-electron chi connectivity index (χ4n) is 4.28. The maximum absolute atomic E-state index is 13.8. The van der Waals surface area contributed by atoms with Crippen molar-refractivity contribution in [2.45, 2.75) is 37.5 Å². The van der Waals surface area contributed by atoms with Crippen molar-refractivity contribution in [1.29, 1.82) is 0 Å². The summed E-state index contributed by atoms with van der Waals surface area (Å²) in [6, 6.07) is 3.25. The number of fused-ring (bicyclic) bond motifs is 2. The molecule has 4 rings (SSSR count). The summed E-state index contributed by atoms with van der Waals surface area (Å²) in [6.07, 6.45) is 2.75. The fourth-order valence-corrected chi connectivity index (χ4v) is 4.28. The predicted molar refractivity (Wildman–Crippen MR) is 95.1 cm³/mol. The summed E-state index contributed by atoms with van der Waals surface area (Å²) in [7, 11) is 0. The Labute approximate surface area is 154 Å². The maximum Gasteiger partial charge on any atom is 0.255 e. The van der Waals surface area contributed by atoms with Gasteiger partial charge in [-0.25, -0.2) is 13.8 Å². The molecule has 0 unspecified atom stereocenters. The molecule has 1 fully saturated rings. The minimum Gasteiger partial charge on any atom is -0.369 e. The molecule has 27 heavy (non-hydrogen) atoms. The van der Waals surface area contributed by atoms with E-state index < -0.39 is 11.6 Å². The van der Waals surface area contributed by atoms with Gasteiger partial charge in [0.2, 0.25) is 11.9 Å².